The van der Waals surface area contributed by atoms with E-state index in [0.29, 0.717) is 60.9 Å². The zero-order valence-corrected chi connectivity index (χ0v) is 33.6. The third-order valence-corrected chi connectivity index (χ3v) is 10.0. The fourth-order valence-electron chi connectivity index (χ4n) is 6.79. The third kappa shape index (κ3) is 11.2. The highest BCUT2D eigenvalue weighted by atomic mass is 19.4. The number of anilines is 2. The Kier molecular flexibility index (Phi) is 14.7. The molecule has 1 atom stereocenters. The van der Waals surface area contributed by atoms with Crippen LogP contribution in [0, 0.1) is 5.92 Å². The predicted octanol–water partition coefficient (Wildman–Crippen LogP) is 7.53. The summed E-state index contributed by atoms with van der Waals surface area (Å²) in [5.41, 5.74) is 2.49. The minimum atomic E-state index is -4.51. The fraction of sp³-hybridized carbons (Fsp3) is 0.386. The van der Waals surface area contributed by atoms with Crippen LogP contribution in [0.5, 0.6) is 0 Å². The lowest BCUT2D eigenvalue weighted by molar-refractivity contribution is -0.150. The Morgan fingerprint density at radius 2 is 1.64 bits per heavy atom. The van der Waals surface area contributed by atoms with Crippen molar-refractivity contribution in [1.29, 1.82) is 0 Å². The highest BCUT2D eigenvalue weighted by Crippen LogP contribution is 2.33. The second-order valence-corrected chi connectivity index (χ2v) is 14.7. The summed E-state index contributed by atoms with van der Waals surface area (Å²) in [6, 6.07) is 19.5. The van der Waals surface area contributed by atoms with Crippen molar-refractivity contribution in [3.8, 4) is 11.3 Å². The number of hydrogen-bond donors (Lipinski definition) is 2. The third-order valence-electron chi connectivity index (χ3n) is 10.0. The number of aromatic nitrogens is 1. The van der Waals surface area contributed by atoms with Gasteiger partial charge in [0.25, 0.3) is 17.7 Å². The summed E-state index contributed by atoms with van der Waals surface area (Å²) in [6.07, 6.45) is -1.46. The lowest BCUT2D eigenvalue weighted by Crippen LogP contribution is -2.42. The molecule has 0 radical (unpaired) electrons. The van der Waals surface area contributed by atoms with E-state index in [0.717, 1.165) is 37.2 Å². The number of rotatable bonds is 16. The number of likely N-dealkylation sites (N-methyl/N-ethyl adjacent to an activating group) is 1. The number of alkyl halides is 3. The van der Waals surface area contributed by atoms with Crippen LogP contribution in [-0.2, 0) is 22.3 Å². The molecule has 1 aromatic heterocycles. The molecule has 0 saturated carbocycles. The molecule has 3 amide bonds. The smallest absolute Gasteiger partial charge is 0.416 e. The van der Waals surface area contributed by atoms with E-state index < -0.39 is 23.6 Å². The molecule has 14 heteroatoms. The SMILES string of the molecule is CCN(CC)c1ccc(NC(=O)c2cccc(C(=O)N(C)CCN3CCCC3C(=O)OCC(C)C)c2)c(-c2cc(C(=O)NCc3cccc(C(F)(F)F)c3)ccn2)c1. The van der Waals surface area contributed by atoms with E-state index in [1.807, 2.05) is 39.8 Å². The Labute approximate surface area is 337 Å². The number of halogens is 3. The molecule has 1 unspecified atom stereocenters. The summed E-state index contributed by atoms with van der Waals surface area (Å²) in [4.78, 5) is 63.5. The number of likely N-dealkylation sites (tertiary alicyclic amines) is 1. The molecular formula is C44H51F3N6O5. The van der Waals surface area contributed by atoms with Crippen molar-refractivity contribution in [3.63, 3.8) is 0 Å². The normalized spacial score (nSPS) is 14.3. The van der Waals surface area contributed by atoms with Crippen LogP contribution in [0.3, 0.4) is 0 Å². The van der Waals surface area contributed by atoms with Gasteiger partial charge >= 0.3 is 12.1 Å². The van der Waals surface area contributed by atoms with Crippen LogP contribution >= 0.6 is 0 Å². The van der Waals surface area contributed by atoms with Gasteiger partial charge in [-0.25, -0.2) is 0 Å². The van der Waals surface area contributed by atoms with Crippen molar-refractivity contribution in [3.05, 3.63) is 113 Å². The number of pyridine rings is 1. The highest BCUT2D eigenvalue weighted by Gasteiger charge is 2.32. The van der Waals surface area contributed by atoms with E-state index in [9.17, 15) is 32.3 Å². The molecule has 2 N–H and O–H groups in total. The van der Waals surface area contributed by atoms with Crippen LogP contribution in [0.25, 0.3) is 11.3 Å². The molecule has 0 spiro atoms. The largest absolute Gasteiger partial charge is 0.464 e. The standard InChI is InChI=1S/C44H51F3N6O5/c1-6-52(7-2)35-16-17-37(36(26-35)38-25-32(18-19-48-38)40(54)49-27-30-11-8-14-34(23-30)44(45,46)47)50-41(55)31-12-9-13-33(24-31)42(56)51(5)21-22-53-20-10-15-39(53)43(57)58-28-29(3)4/h8-9,11-14,16-19,23-26,29,39H,6-7,10,15,20-22,27-28H2,1-5H3,(H,49,54)(H,50,55). The molecule has 3 aromatic carbocycles. The van der Waals surface area contributed by atoms with Gasteiger partial charge in [0.2, 0.25) is 0 Å². The van der Waals surface area contributed by atoms with Crippen LogP contribution in [0.2, 0.25) is 0 Å². The Bertz CT molecular complexity index is 2090. The number of amides is 3. The molecule has 1 aliphatic heterocycles. The van der Waals surface area contributed by atoms with E-state index in [-0.39, 0.29) is 41.5 Å². The Morgan fingerprint density at radius 3 is 2.36 bits per heavy atom. The number of esters is 1. The summed E-state index contributed by atoms with van der Waals surface area (Å²) >= 11 is 0. The summed E-state index contributed by atoms with van der Waals surface area (Å²) < 4.78 is 45.2. The van der Waals surface area contributed by atoms with Gasteiger partial charge in [0, 0.05) is 73.9 Å². The summed E-state index contributed by atoms with van der Waals surface area (Å²) in [5, 5.41) is 5.65. The quantitative estimate of drug-likeness (QED) is 0.112. The van der Waals surface area contributed by atoms with Gasteiger partial charge in [-0.05, 0) is 105 Å². The fourth-order valence-corrected chi connectivity index (χ4v) is 6.79. The Hall–Kier alpha value is -5.76. The van der Waals surface area contributed by atoms with Crippen LogP contribution in [0.15, 0.2) is 85.1 Å². The van der Waals surface area contributed by atoms with Gasteiger partial charge in [-0.1, -0.05) is 32.0 Å². The molecule has 58 heavy (non-hydrogen) atoms. The van der Waals surface area contributed by atoms with Crippen molar-refractivity contribution in [2.24, 2.45) is 5.92 Å². The van der Waals surface area contributed by atoms with Gasteiger partial charge in [0.1, 0.15) is 6.04 Å². The van der Waals surface area contributed by atoms with Crippen LogP contribution in [-0.4, -0.2) is 90.9 Å². The second-order valence-electron chi connectivity index (χ2n) is 14.7. The van der Waals surface area contributed by atoms with E-state index in [4.69, 9.17) is 4.74 Å². The molecular weight excluding hydrogens is 750 g/mol. The topological polar surface area (TPSA) is 124 Å². The van der Waals surface area contributed by atoms with Crippen molar-refractivity contribution >= 4 is 35.1 Å². The minimum absolute atomic E-state index is 0.121. The number of nitrogens with zero attached hydrogens (tertiary/aromatic N) is 4. The van der Waals surface area contributed by atoms with Crippen molar-refractivity contribution < 1.29 is 37.1 Å². The monoisotopic (exact) mass is 800 g/mol. The number of carbonyl (C=O) groups excluding carboxylic acids is 4. The molecule has 308 valence electrons. The first kappa shape index (κ1) is 43.4. The first-order valence-corrected chi connectivity index (χ1v) is 19.6. The Morgan fingerprint density at radius 1 is 0.914 bits per heavy atom. The molecule has 0 aliphatic carbocycles. The predicted molar refractivity (Wildman–Crippen MR) is 218 cm³/mol. The minimum Gasteiger partial charge on any atom is -0.464 e. The van der Waals surface area contributed by atoms with Gasteiger partial charge in [0.15, 0.2) is 0 Å². The zero-order chi connectivity index (χ0) is 42.0. The van der Waals surface area contributed by atoms with Gasteiger partial charge in [0.05, 0.1) is 23.6 Å². The average Bonchev–Trinajstić information content (AvgIpc) is 3.70. The molecule has 5 rings (SSSR count). The van der Waals surface area contributed by atoms with Gasteiger partial charge in [-0.15, -0.1) is 0 Å². The van der Waals surface area contributed by atoms with Gasteiger partial charge in [-0.3, -0.25) is 29.1 Å². The molecule has 1 aliphatic rings. The summed E-state index contributed by atoms with van der Waals surface area (Å²) in [6.45, 7) is 11.3. The van der Waals surface area contributed by atoms with Crippen molar-refractivity contribution in [2.75, 3.05) is 56.6 Å². The summed E-state index contributed by atoms with van der Waals surface area (Å²) in [7, 11) is 1.69. The molecule has 1 saturated heterocycles. The van der Waals surface area contributed by atoms with Crippen LogP contribution < -0.4 is 15.5 Å². The Balaban J connectivity index is 1.31. The number of benzene rings is 3. The van der Waals surface area contributed by atoms with E-state index in [1.165, 1.54) is 30.5 Å². The lowest BCUT2D eigenvalue weighted by Gasteiger charge is -2.26. The summed E-state index contributed by atoms with van der Waals surface area (Å²) in [5.74, 6) is -1.24. The molecule has 0 bridgehead atoms. The highest BCUT2D eigenvalue weighted by molar-refractivity contribution is 6.08. The average molecular weight is 801 g/mol. The van der Waals surface area contributed by atoms with Crippen molar-refractivity contribution in [2.45, 2.75) is 59.3 Å². The number of carbonyl (C=O) groups is 4. The molecule has 11 nitrogen and oxygen atoms in total. The maximum atomic E-state index is 13.8. The molecule has 2 heterocycles. The zero-order valence-electron chi connectivity index (χ0n) is 33.6. The maximum Gasteiger partial charge on any atom is 0.416 e. The number of hydrogen-bond acceptors (Lipinski definition) is 8. The maximum absolute atomic E-state index is 13.8. The lowest BCUT2D eigenvalue weighted by atomic mass is 10.0. The first-order chi connectivity index (χ1) is 27.7. The van der Waals surface area contributed by atoms with Gasteiger partial charge in [-0.2, -0.15) is 13.2 Å². The first-order valence-electron chi connectivity index (χ1n) is 19.6. The van der Waals surface area contributed by atoms with Crippen LogP contribution in [0.1, 0.15) is 82.7 Å². The van der Waals surface area contributed by atoms with E-state index in [1.54, 1.807) is 42.3 Å². The molecule has 1 fully saturated rings. The van der Waals surface area contributed by atoms with E-state index >= 15 is 0 Å². The van der Waals surface area contributed by atoms with Gasteiger partial charge < -0.3 is 25.2 Å². The van der Waals surface area contributed by atoms with Crippen molar-refractivity contribution in [1.82, 2.24) is 20.1 Å². The van der Waals surface area contributed by atoms with E-state index in [2.05, 4.69) is 25.4 Å². The second kappa shape index (κ2) is 19.6. The van der Waals surface area contributed by atoms with Crippen LogP contribution in [0.4, 0.5) is 24.5 Å². The number of nitrogens with one attached hydrogen (secondary N) is 2. The molecule has 4 aromatic rings. The number of ether oxygens (including phenoxy) is 1.